The molecule has 3 aromatic carbocycles. The molecule has 0 aromatic heterocycles. The number of anilines is 1. The first kappa shape index (κ1) is 32.7. The van der Waals surface area contributed by atoms with Crippen molar-refractivity contribution in [2.24, 2.45) is 0 Å². The maximum Gasteiger partial charge on any atom is 0.243 e. The largest absolute Gasteiger partial charge is 0.490 e. The van der Waals surface area contributed by atoms with Gasteiger partial charge in [0.25, 0.3) is 0 Å². The Morgan fingerprint density at radius 1 is 1.09 bits per heavy atom. The van der Waals surface area contributed by atoms with E-state index < -0.39 is 21.7 Å². The molecule has 0 bridgehead atoms. The fourth-order valence-corrected chi connectivity index (χ4v) is 7.64. The van der Waals surface area contributed by atoms with Gasteiger partial charge in [-0.15, -0.1) is 0 Å². The topological polar surface area (TPSA) is 109 Å². The Hall–Kier alpha value is -2.70. The van der Waals surface area contributed by atoms with E-state index in [1.807, 2.05) is 25.1 Å². The Balaban J connectivity index is 1.44. The number of aliphatic hydroxyl groups is 2. The van der Waals surface area contributed by atoms with E-state index in [-0.39, 0.29) is 37.6 Å². The van der Waals surface area contributed by atoms with Crippen molar-refractivity contribution in [3.05, 3.63) is 87.9 Å². The summed E-state index contributed by atoms with van der Waals surface area (Å²) < 4.78 is 46.4. The van der Waals surface area contributed by atoms with Gasteiger partial charge in [-0.3, -0.25) is 0 Å². The number of hydrogen-bond acceptors (Lipinski definition) is 8. The number of halogens is 1. The van der Waals surface area contributed by atoms with Gasteiger partial charge in [-0.2, -0.15) is 4.31 Å². The maximum absolute atomic E-state index is 13.7. The number of hydrogen-bond donors (Lipinski definition) is 2. The van der Waals surface area contributed by atoms with Crippen LogP contribution in [0.3, 0.4) is 0 Å². The van der Waals surface area contributed by atoms with E-state index >= 15 is 0 Å². The number of fused-ring (bicyclic) bond motifs is 1. The lowest BCUT2D eigenvalue weighted by molar-refractivity contribution is -0.147. The highest BCUT2D eigenvalue weighted by Crippen LogP contribution is 2.40. The first-order chi connectivity index (χ1) is 21.2. The van der Waals surface area contributed by atoms with Crippen molar-refractivity contribution in [1.29, 1.82) is 0 Å². The summed E-state index contributed by atoms with van der Waals surface area (Å²) >= 11 is 6.28. The standard InChI is InChI=1S/C33H41ClN2O7S/c1-24-4-8-28(9-5-24)44(39,40)36-15-13-33(38,29-10-7-27(34)21-26(29)12-17-37)32(22-36)43-23-25-6-11-31-30(20-25)35(16-19-42-31)14-3-18-41-2/h4-11,20-21,32,37-38H,3,12-19,22-23H2,1-2H3/t32-,33-/m0/s1. The Labute approximate surface area is 265 Å². The van der Waals surface area contributed by atoms with Crippen molar-refractivity contribution in [3.8, 4) is 5.75 Å². The Bertz CT molecular complexity index is 1540. The number of nitrogens with zero attached hydrogens (tertiary/aromatic N) is 2. The zero-order chi connectivity index (χ0) is 31.3. The summed E-state index contributed by atoms with van der Waals surface area (Å²) in [4.78, 5) is 2.46. The summed E-state index contributed by atoms with van der Waals surface area (Å²) in [6.45, 7) is 4.84. The van der Waals surface area contributed by atoms with Gasteiger partial charge in [0, 0.05) is 45.0 Å². The van der Waals surface area contributed by atoms with Crippen LogP contribution in [0.5, 0.6) is 5.75 Å². The molecule has 0 radical (unpaired) electrons. The van der Waals surface area contributed by atoms with E-state index in [1.165, 1.54) is 4.31 Å². The van der Waals surface area contributed by atoms with Gasteiger partial charge in [0.15, 0.2) is 0 Å². The minimum absolute atomic E-state index is 0.0505. The molecule has 5 rings (SSSR count). The monoisotopic (exact) mass is 644 g/mol. The molecular formula is C33H41ClN2O7S. The molecule has 0 unspecified atom stereocenters. The highest BCUT2D eigenvalue weighted by Gasteiger charge is 2.47. The average molecular weight is 645 g/mol. The van der Waals surface area contributed by atoms with Crippen LogP contribution in [0.1, 0.15) is 35.1 Å². The third kappa shape index (κ3) is 7.07. The highest BCUT2D eigenvalue weighted by atomic mass is 35.5. The normalized spacial score (nSPS) is 20.8. The van der Waals surface area contributed by atoms with Gasteiger partial charge in [0.05, 0.1) is 23.7 Å². The van der Waals surface area contributed by atoms with Crippen LogP contribution in [0, 0.1) is 6.92 Å². The fraction of sp³-hybridized carbons (Fsp3) is 0.455. The number of sulfonamides is 1. The fourth-order valence-electron chi connectivity index (χ4n) is 6.01. The molecule has 1 fully saturated rings. The number of piperidine rings is 1. The lowest BCUT2D eigenvalue weighted by Gasteiger charge is -2.44. The SMILES string of the molecule is COCCCN1CCOc2ccc(CO[C@H]3CN(S(=O)(=O)c4ccc(C)cc4)CC[C@]3(O)c3ccc(Cl)cc3CCO)cc21. The van der Waals surface area contributed by atoms with Crippen molar-refractivity contribution >= 4 is 27.3 Å². The summed E-state index contributed by atoms with van der Waals surface area (Å²) in [5, 5.41) is 22.6. The van der Waals surface area contributed by atoms with Crippen molar-refractivity contribution in [1.82, 2.24) is 4.31 Å². The Morgan fingerprint density at radius 2 is 1.89 bits per heavy atom. The second-order valence-corrected chi connectivity index (χ2v) is 13.8. The predicted octanol–water partition coefficient (Wildman–Crippen LogP) is 4.29. The first-order valence-electron chi connectivity index (χ1n) is 15.0. The second-order valence-electron chi connectivity index (χ2n) is 11.4. The number of aliphatic hydroxyl groups excluding tert-OH is 1. The van der Waals surface area contributed by atoms with Crippen LogP contribution < -0.4 is 9.64 Å². The van der Waals surface area contributed by atoms with E-state index in [1.54, 1.807) is 49.6 Å². The van der Waals surface area contributed by atoms with Crippen molar-refractivity contribution in [2.75, 3.05) is 58.0 Å². The van der Waals surface area contributed by atoms with Gasteiger partial charge < -0.3 is 29.3 Å². The van der Waals surface area contributed by atoms with Gasteiger partial charge >= 0.3 is 0 Å². The molecule has 2 heterocycles. The lowest BCUT2D eigenvalue weighted by atomic mass is 9.79. The molecule has 1 saturated heterocycles. The van der Waals surface area contributed by atoms with Crippen LogP contribution in [0.25, 0.3) is 0 Å². The zero-order valence-electron chi connectivity index (χ0n) is 25.2. The molecule has 0 spiro atoms. The maximum atomic E-state index is 13.7. The molecule has 0 saturated carbocycles. The van der Waals surface area contributed by atoms with Crippen molar-refractivity contribution in [2.45, 2.75) is 49.4 Å². The van der Waals surface area contributed by atoms with E-state index in [9.17, 15) is 18.6 Å². The summed E-state index contributed by atoms with van der Waals surface area (Å²) in [5.74, 6) is 0.803. The molecule has 0 aliphatic carbocycles. The first-order valence-corrected chi connectivity index (χ1v) is 16.8. The Kier molecular flexibility index (Phi) is 10.5. The van der Waals surface area contributed by atoms with Crippen LogP contribution in [0.4, 0.5) is 5.69 Å². The molecule has 2 N–H and O–H groups in total. The van der Waals surface area contributed by atoms with E-state index in [4.69, 9.17) is 25.8 Å². The molecule has 3 aromatic rings. The van der Waals surface area contributed by atoms with E-state index in [0.29, 0.717) is 35.8 Å². The molecule has 2 aliphatic rings. The molecule has 9 nitrogen and oxygen atoms in total. The molecule has 2 aliphatic heterocycles. The average Bonchev–Trinajstić information content (AvgIpc) is 3.01. The summed E-state index contributed by atoms with van der Waals surface area (Å²) in [6.07, 6.45) is 0.378. The van der Waals surface area contributed by atoms with E-state index in [2.05, 4.69) is 4.90 Å². The number of rotatable bonds is 12. The summed E-state index contributed by atoms with van der Waals surface area (Å²) in [6, 6.07) is 17.8. The molecule has 0 amide bonds. The van der Waals surface area contributed by atoms with E-state index in [0.717, 1.165) is 42.1 Å². The summed E-state index contributed by atoms with van der Waals surface area (Å²) in [5.41, 5.74) is 2.57. The van der Waals surface area contributed by atoms with Gasteiger partial charge in [0.2, 0.25) is 10.0 Å². The molecule has 2 atom stereocenters. The highest BCUT2D eigenvalue weighted by molar-refractivity contribution is 7.89. The lowest BCUT2D eigenvalue weighted by Crippen LogP contribution is -2.56. The molecule has 44 heavy (non-hydrogen) atoms. The number of ether oxygens (including phenoxy) is 3. The van der Waals surface area contributed by atoms with Crippen LogP contribution in [0.15, 0.2) is 65.6 Å². The minimum atomic E-state index is -3.84. The smallest absolute Gasteiger partial charge is 0.243 e. The molecule has 238 valence electrons. The molecule has 11 heteroatoms. The van der Waals surface area contributed by atoms with Crippen molar-refractivity contribution < 1.29 is 32.8 Å². The Morgan fingerprint density at radius 3 is 2.64 bits per heavy atom. The van der Waals surface area contributed by atoms with Crippen LogP contribution >= 0.6 is 11.6 Å². The quantitative estimate of drug-likeness (QED) is 0.281. The van der Waals surface area contributed by atoms with Crippen LogP contribution in [-0.2, 0) is 38.1 Å². The predicted molar refractivity (Wildman–Crippen MR) is 170 cm³/mol. The van der Waals surface area contributed by atoms with Crippen LogP contribution in [0.2, 0.25) is 5.02 Å². The number of methoxy groups -OCH3 is 1. The van der Waals surface area contributed by atoms with Gasteiger partial charge in [-0.25, -0.2) is 8.42 Å². The van der Waals surface area contributed by atoms with Gasteiger partial charge in [0.1, 0.15) is 24.1 Å². The minimum Gasteiger partial charge on any atom is -0.490 e. The van der Waals surface area contributed by atoms with Crippen molar-refractivity contribution in [3.63, 3.8) is 0 Å². The number of benzene rings is 3. The van der Waals surface area contributed by atoms with Crippen LogP contribution in [-0.4, -0.2) is 82.1 Å². The molecular weight excluding hydrogens is 604 g/mol. The zero-order valence-corrected chi connectivity index (χ0v) is 26.8. The summed E-state index contributed by atoms with van der Waals surface area (Å²) in [7, 11) is -2.14. The van der Waals surface area contributed by atoms with Gasteiger partial charge in [-0.1, -0.05) is 41.4 Å². The number of aryl methyl sites for hydroxylation is 1. The van der Waals surface area contributed by atoms with Gasteiger partial charge in [-0.05, 0) is 79.3 Å². The third-order valence-corrected chi connectivity index (χ3v) is 10.5. The second kappa shape index (κ2) is 14.2. The third-order valence-electron chi connectivity index (χ3n) is 8.43.